The van der Waals surface area contributed by atoms with E-state index in [1.807, 2.05) is 12.1 Å². The lowest BCUT2D eigenvalue weighted by Crippen LogP contribution is -2.30. The van der Waals surface area contributed by atoms with Gasteiger partial charge < -0.3 is 0 Å². The van der Waals surface area contributed by atoms with Crippen LogP contribution in [0.3, 0.4) is 0 Å². The Morgan fingerprint density at radius 3 is 2.33 bits per heavy atom. The summed E-state index contributed by atoms with van der Waals surface area (Å²) in [4.78, 5) is 12.3. The molecule has 1 aliphatic carbocycles. The maximum absolute atomic E-state index is 12.3. The minimum Gasteiger partial charge on any atom is -0.273 e. The molecule has 3 nitrogen and oxygen atoms in total. The van der Waals surface area contributed by atoms with Crippen LogP contribution in [-0.4, -0.2) is 16.6 Å². The molecule has 0 bridgehead atoms. The molecular weight excluding hydrogens is 468 g/mol. The number of nitrogens with zero attached hydrogens (tertiary/aromatic N) is 2. The van der Waals surface area contributed by atoms with Gasteiger partial charge in [-0.1, -0.05) is 56.1 Å². The molecule has 1 heterocycles. The normalized spacial score (nSPS) is 23.3. The van der Waals surface area contributed by atoms with Crippen molar-refractivity contribution >= 4 is 49.6 Å². The van der Waals surface area contributed by atoms with Gasteiger partial charge in [0.1, 0.15) is 0 Å². The number of fused-ring (bicyclic) bond motifs is 1. The maximum Gasteiger partial charge on any atom is 0.240 e. The fourth-order valence-electron chi connectivity index (χ4n) is 4.02. The van der Waals surface area contributed by atoms with E-state index in [1.54, 1.807) is 11.9 Å². The van der Waals surface area contributed by atoms with Gasteiger partial charge in [-0.15, -0.1) is 0 Å². The first-order valence-electron chi connectivity index (χ1n) is 9.13. The van der Waals surface area contributed by atoms with Gasteiger partial charge in [0.25, 0.3) is 0 Å². The minimum atomic E-state index is -0.0146. The number of amides is 1. The lowest BCUT2D eigenvalue weighted by atomic mass is 9.77. The molecule has 5 heteroatoms. The number of allylic oxidation sites excluding steroid dienone is 1. The van der Waals surface area contributed by atoms with Gasteiger partial charge in [0.05, 0.1) is 11.8 Å². The number of carbonyl (C=O) groups excluding carboxylic acids is 1. The number of hydrogen-bond donors (Lipinski definition) is 0. The van der Waals surface area contributed by atoms with Crippen molar-refractivity contribution in [3.63, 3.8) is 0 Å². The summed E-state index contributed by atoms with van der Waals surface area (Å²) >= 11 is 6.98. The van der Waals surface area contributed by atoms with E-state index < -0.39 is 0 Å². The second kappa shape index (κ2) is 7.72. The predicted molar refractivity (Wildman–Crippen MR) is 116 cm³/mol. The molecule has 2 aromatic carbocycles. The Kier molecular flexibility index (Phi) is 5.33. The number of halogens is 2. The predicted octanol–water partition coefficient (Wildman–Crippen LogP) is 6.35. The van der Waals surface area contributed by atoms with Crippen LogP contribution in [0.1, 0.15) is 43.4 Å². The standard InChI is InChI=1S/C22H20Br2N2O/c1-14(27)26-22(16-7-11-19(24)12-8-16)20-4-2-3-17(21(20)25-26)13-15-5-9-18(23)10-6-15/h5-13,20,22H,2-4H2,1H3. The first-order valence-corrected chi connectivity index (χ1v) is 10.7. The van der Waals surface area contributed by atoms with Gasteiger partial charge in [-0.2, -0.15) is 5.10 Å². The highest BCUT2D eigenvalue weighted by Gasteiger charge is 2.42. The van der Waals surface area contributed by atoms with E-state index in [0.717, 1.165) is 45.0 Å². The van der Waals surface area contributed by atoms with E-state index in [0.29, 0.717) is 0 Å². The van der Waals surface area contributed by atoms with Crippen molar-refractivity contribution in [1.82, 2.24) is 5.01 Å². The number of hydrazone groups is 1. The quantitative estimate of drug-likeness (QED) is 0.485. The van der Waals surface area contributed by atoms with Crippen LogP contribution in [0.25, 0.3) is 6.08 Å². The van der Waals surface area contributed by atoms with Gasteiger partial charge >= 0.3 is 0 Å². The average Bonchev–Trinajstić information content (AvgIpc) is 3.05. The Morgan fingerprint density at radius 2 is 1.70 bits per heavy atom. The van der Waals surface area contributed by atoms with Gasteiger partial charge in [0, 0.05) is 21.8 Å². The van der Waals surface area contributed by atoms with E-state index in [4.69, 9.17) is 5.10 Å². The molecule has 0 saturated heterocycles. The molecule has 0 spiro atoms. The highest BCUT2D eigenvalue weighted by Crippen LogP contribution is 2.44. The van der Waals surface area contributed by atoms with Gasteiger partial charge in [-0.3, -0.25) is 4.79 Å². The third-order valence-corrected chi connectivity index (χ3v) is 6.30. The van der Waals surface area contributed by atoms with E-state index in [1.165, 1.54) is 5.57 Å². The molecule has 1 saturated carbocycles. The van der Waals surface area contributed by atoms with Crippen LogP contribution in [0.5, 0.6) is 0 Å². The highest BCUT2D eigenvalue weighted by atomic mass is 79.9. The van der Waals surface area contributed by atoms with Gasteiger partial charge in [0.2, 0.25) is 5.91 Å². The Hall–Kier alpha value is -1.72. The van der Waals surface area contributed by atoms with E-state index in [2.05, 4.69) is 74.3 Å². The van der Waals surface area contributed by atoms with Crippen molar-refractivity contribution in [3.8, 4) is 0 Å². The number of carbonyl (C=O) groups is 1. The van der Waals surface area contributed by atoms with Gasteiger partial charge in [-0.05, 0) is 66.3 Å². The Balaban J connectivity index is 1.72. The third-order valence-electron chi connectivity index (χ3n) is 5.25. The Morgan fingerprint density at radius 1 is 1.07 bits per heavy atom. The zero-order chi connectivity index (χ0) is 19.0. The summed E-state index contributed by atoms with van der Waals surface area (Å²) in [5.41, 5.74) is 4.63. The molecule has 2 unspecified atom stereocenters. The van der Waals surface area contributed by atoms with Crippen molar-refractivity contribution < 1.29 is 4.79 Å². The smallest absolute Gasteiger partial charge is 0.240 e. The van der Waals surface area contributed by atoms with Crippen molar-refractivity contribution in [2.45, 2.75) is 32.2 Å². The topological polar surface area (TPSA) is 32.7 Å². The van der Waals surface area contributed by atoms with Crippen LogP contribution in [0.4, 0.5) is 0 Å². The molecule has 1 amide bonds. The number of hydrogen-bond acceptors (Lipinski definition) is 2. The van der Waals surface area contributed by atoms with Crippen molar-refractivity contribution in [2.75, 3.05) is 0 Å². The Labute approximate surface area is 176 Å². The molecular formula is C22H20Br2N2O. The first-order chi connectivity index (χ1) is 13.0. The van der Waals surface area contributed by atoms with Crippen molar-refractivity contribution in [1.29, 1.82) is 0 Å². The largest absolute Gasteiger partial charge is 0.273 e. The van der Waals surface area contributed by atoms with Crippen molar-refractivity contribution in [3.05, 3.63) is 74.2 Å². The molecule has 0 aromatic heterocycles. The molecule has 1 fully saturated rings. The summed E-state index contributed by atoms with van der Waals surface area (Å²) in [7, 11) is 0. The van der Waals surface area contributed by atoms with Crippen molar-refractivity contribution in [2.24, 2.45) is 11.0 Å². The SMILES string of the molecule is CC(=O)N1N=C2C(=Cc3ccc(Br)cc3)CCCC2C1c1ccc(Br)cc1. The minimum absolute atomic E-state index is 0.00666. The monoisotopic (exact) mass is 486 g/mol. The number of rotatable bonds is 2. The summed E-state index contributed by atoms with van der Waals surface area (Å²) in [6, 6.07) is 16.5. The third kappa shape index (κ3) is 3.81. The summed E-state index contributed by atoms with van der Waals surface area (Å²) in [5, 5.41) is 6.48. The summed E-state index contributed by atoms with van der Waals surface area (Å²) in [5.74, 6) is 0.248. The molecule has 2 atom stereocenters. The molecule has 1 aliphatic heterocycles. The van der Waals surface area contributed by atoms with Crippen LogP contribution in [0.15, 0.2) is 68.2 Å². The fourth-order valence-corrected chi connectivity index (χ4v) is 4.54. The molecule has 4 rings (SSSR count). The molecule has 2 aliphatic rings. The molecule has 27 heavy (non-hydrogen) atoms. The second-order valence-corrected chi connectivity index (χ2v) is 8.90. The lowest BCUT2D eigenvalue weighted by molar-refractivity contribution is -0.131. The molecule has 2 aromatic rings. The van der Waals surface area contributed by atoms with Crippen LogP contribution >= 0.6 is 31.9 Å². The molecule has 138 valence electrons. The first kappa shape index (κ1) is 18.6. The van der Waals surface area contributed by atoms with Gasteiger partial charge in [-0.25, -0.2) is 5.01 Å². The summed E-state index contributed by atoms with van der Waals surface area (Å²) in [6.07, 6.45) is 5.40. The average molecular weight is 488 g/mol. The van der Waals surface area contributed by atoms with E-state index >= 15 is 0 Å². The fraction of sp³-hybridized carbons (Fsp3) is 0.273. The maximum atomic E-state index is 12.3. The highest BCUT2D eigenvalue weighted by molar-refractivity contribution is 9.10. The lowest BCUT2D eigenvalue weighted by Gasteiger charge is -2.29. The zero-order valence-electron chi connectivity index (χ0n) is 15.0. The zero-order valence-corrected chi connectivity index (χ0v) is 18.2. The van der Waals surface area contributed by atoms with E-state index in [-0.39, 0.29) is 17.9 Å². The van der Waals surface area contributed by atoms with Crippen LogP contribution in [0, 0.1) is 5.92 Å². The van der Waals surface area contributed by atoms with Gasteiger partial charge in [0.15, 0.2) is 0 Å². The Bertz CT molecular complexity index is 916. The van der Waals surface area contributed by atoms with Crippen LogP contribution in [0.2, 0.25) is 0 Å². The second-order valence-electron chi connectivity index (χ2n) is 7.07. The number of benzene rings is 2. The summed E-state index contributed by atoms with van der Waals surface area (Å²) < 4.78 is 2.11. The van der Waals surface area contributed by atoms with Crippen LogP contribution < -0.4 is 0 Å². The summed E-state index contributed by atoms with van der Waals surface area (Å²) in [6.45, 7) is 1.60. The molecule has 0 N–H and O–H groups in total. The van der Waals surface area contributed by atoms with E-state index in [9.17, 15) is 4.79 Å². The van der Waals surface area contributed by atoms with Crippen LogP contribution in [-0.2, 0) is 4.79 Å². The molecule has 0 radical (unpaired) electrons.